The molecule has 1 aliphatic rings. The Labute approximate surface area is 175 Å². The third-order valence-electron chi connectivity index (χ3n) is 5.51. The Balaban J connectivity index is 1.40. The van der Waals surface area contributed by atoms with Crippen molar-refractivity contribution < 1.29 is 5.11 Å². The summed E-state index contributed by atoms with van der Waals surface area (Å²) in [4.78, 5) is 18.6. The van der Waals surface area contributed by atoms with Gasteiger partial charge < -0.3 is 10.0 Å². The minimum absolute atomic E-state index is 0.322. The molecule has 0 saturated carbocycles. The first-order valence-corrected chi connectivity index (χ1v) is 10.2. The van der Waals surface area contributed by atoms with Gasteiger partial charge in [0.15, 0.2) is 5.82 Å². The summed E-state index contributed by atoms with van der Waals surface area (Å²) in [6, 6.07) is 19.6. The van der Waals surface area contributed by atoms with Crippen LogP contribution in [0.15, 0.2) is 73.1 Å². The molecule has 5 rings (SSSR count). The first kappa shape index (κ1) is 18.5. The van der Waals surface area contributed by atoms with Crippen molar-refractivity contribution in [3.63, 3.8) is 0 Å². The number of phenolic OH excluding ortho intramolecular Hbond substituents is 1. The number of pyridine rings is 1. The lowest BCUT2D eigenvalue weighted by Gasteiger charge is -2.36. The van der Waals surface area contributed by atoms with Crippen LogP contribution in [-0.4, -0.2) is 51.1 Å². The Bertz CT molecular complexity index is 1160. The van der Waals surface area contributed by atoms with Gasteiger partial charge in [0.2, 0.25) is 0 Å². The van der Waals surface area contributed by atoms with Gasteiger partial charge in [-0.15, -0.1) is 0 Å². The molecule has 0 atom stereocenters. The number of anilines is 1. The van der Waals surface area contributed by atoms with E-state index in [1.165, 1.54) is 0 Å². The van der Waals surface area contributed by atoms with Crippen LogP contribution in [0.5, 0.6) is 5.75 Å². The molecule has 30 heavy (non-hydrogen) atoms. The molecule has 0 bridgehead atoms. The van der Waals surface area contributed by atoms with Crippen LogP contribution in [0.1, 0.15) is 5.56 Å². The number of hydrogen-bond acceptors (Lipinski definition) is 6. The second kappa shape index (κ2) is 8.08. The van der Waals surface area contributed by atoms with Gasteiger partial charge in [0.1, 0.15) is 11.6 Å². The van der Waals surface area contributed by atoms with Crippen LogP contribution >= 0.6 is 0 Å². The van der Waals surface area contributed by atoms with E-state index in [1.807, 2.05) is 42.5 Å². The Morgan fingerprint density at radius 2 is 1.63 bits per heavy atom. The summed E-state index contributed by atoms with van der Waals surface area (Å²) in [7, 11) is 0. The van der Waals surface area contributed by atoms with Gasteiger partial charge in [-0.25, -0.2) is 9.97 Å². The summed E-state index contributed by atoms with van der Waals surface area (Å²) >= 11 is 0. The van der Waals surface area contributed by atoms with Gasteiger partial charge in [0, 0.05) is 56.1 Å². The molecule has 6 nitrogen and oxygen atoms in total. The predicted octanol–water partition coefficient (Wildman–Crippen LogP) is 3.72. The van der Waals surface area contributed by atoms with Crippen molar-refractivity contribution in [2.75, 3.05) is 31.1 Å². The van der Waals surface area contributed by atoms with Crippen molar-refractivity contribution in [3.05, 3.63) is 78.6 Å². The lowest BCUT2D eigenvalue weighted by atomic mass is 10.1. The molecule has 0 aliphatic carbocycles. The number of para-hydroxylation sites is 1. The molecule has 0 amide bonds. The van der Waals surface area contributed by atoms with Crippen molar-refractivity contribution >= 4 is 16.7 Å². The first-order valence-electron chi connectivity index (χ1n) is 10.2. The molecule has 3 heterocycles. The molecule has 1 fully saturated rings. The van der Waals surface area contributed by atoms with Crippen LogP contribution < -0.4 is 4.90 Å². The summed E-state index contributed by atoms with van der Waals surface area (Å²) in [5.41, 5.74) is 3.06. The van der Waals surface area contributed by atoms with Gasteiger partial charge in [-0.1, -0.05) is 24.3 Å². The quantitative estimate of drug-likeness (QED) is 0.566. The van der Waals surface area contributed by atoms with Gasteiger partial charge in [0.05, 0.1) is 5.52 Å². The molecule has 0 unspecified atom stereocenters. The van der Waals surface area contributed by atoms with Crippen LogP contribution in [0.2, 0.25) is 0 Å². The second-order valence-electron chi connectivity index (χ2n) is 7.56. The third kappa shape index (κ3) is 3.82. The van der Waals surface area contributed by atoms with E-state index in [9.17, 15) is 5.11 Å². The first-order chi connectivity index (χ1) is 14.8. The zero-order valence-corrected chi connectivity index (χ0v) is 16.6. The number of fused-ring (bicyclic) bond motifs is 1. The molecular weight excluding hydrogens is 374 g/mol. The van der Waals surface area contributed by atoms with Crippen molar-refractivity contribution in [2.45, 2.75) is 6.54 Å². The highest BCUT2D eigenvalue weighted by Crippen LogP contribution is 2.28. The van der Waals surface area contributed by atoms with Gasteiger partial charge in [-0.3, -0.25) is 9.88 Å². The summed E-state index contributed by atoms with van der Waals surface area (Å²) < 4.78 is 0. The maximum absolute atomic E-state index is 9.71. The van der Waals surface area contributed by atoms with E-state index in [4.69, 9.17) is 9.97 Å². The zero-order chi connectivity index (χ0) is 20.3. The Morgan fingerprint density at radius 3 is 2.43 bits per heavy atom. The number of phenols is 1. The lowest BCUT2D eigenvalue weighted by Crippen LogP contribution is -2.46. The van der Waals surface area contributed by atoms with E-state index in [0.29, 0.717) is 5.75 Å². The maximum Gasteiger partial charge on any atom is 0.162 e. The summed E-state index contributed by atoms with van der Waals surface area (Å²) in [6.45, 7) is 4.53. The number of aromatic hydroxyl groups is 1. The van der Waals surface area contributed by atoms with E-state index in [-0.39, 0.29) is 0 Å². The monoisotopic (exact) mass is 397 g/mol. The minimum Gasteiger partial charge on any atom is -0.508 e. The molecule has 6 heteroatoms. The van der Waals surface area contributed by atoms with Gasteiger partial charge in [0.25, 0.3) is 0 Å². The average molecular weight is 397 g/mol. The number of benzene rings is 2. The molecule has 2 aromatic heterocycles. The van der Waals surface area contributed by atoms with Crippen LogP contribution in [0, 0.1) is 0 Å². The number of rotatable bonds is 4. The molecule has 150 valence electrons. The fourth-order valence-corrected chi connectivity index (χ4v) is 3.96. The van der Waals surface area contributed by atoms with Gasteiger partial charge >= 0.3 is 0 Å². The maximum atomic E-state index is 9.71. The minimum atomic E-state index is 0.322. The number of hydrogen-bond donors (Lipinski definition) is 1. The summed E-state index contributed by atoms with van der Waals surface area (Å²) in [5, 5.41) is 10.8. The number of nitrogens with zero attached hydrogens (tertiary/aromatic N) is 5. The molecular formula is C24H23N5O. The number of piperazine rings is 1. The van der Waals surface area contributed by atoms with Crippen molar-refractivity contribution in [3.8, 4) is 17.1 Å². The second-order valence-corrected chi connectivity index (χ2v) is 7.56. The fraction of sp³-hybridized carbons (Fsp3) is 0.208. The lowest BCUT2D eigenvalue weighted by molar-refractivity contribution is 0.249. The molecule has 0 radical (unpaired) electrons. The van der Waals surface area contributed by atoms with E-state index in [1.54, 1.807) is 18.5 Å². The Kier molecular flexibility index (Phi) is 4.99. The highest BCUT2D eigenvalue weighted by Gasteiger charge is 2.21. The van der Waals surface area contributed by atoms with E-state index < -0.39 is 0 Å². The highest BCUT2D eigenvalue weighted by atomic mass is 16.3. The van der Waals surface area contributed by atoms with Crippen molar-refractivity contribution in [1.29, 1.82) is 0 Å². The van der Waals surface area contributed by atoms with Crippen LogP contribution in [0.25, 0.3) is 22.3 Å². The zero-order valence-electron chi connectivity index (χ0n) is 16.6. The standard InChI is InChI=1S/C24H23N5O/c30-20-5-3-4-18(16-20)17-28-12-14-29(15-13-28)24-21-6-1-2-7-22(21)26-23(27-24)19-8-10-25-11-9-19/h1-11,16,30H,12-15,17H2. The molecule has 4 aromatic rings. The molecule has 1 saturated heterocycles. The molecule has 1 N–H and O–H groups in total. The normalized spacial score (nSPS) is 14.9. The fourth-order valence-electron chi connectivity index (χ4n) is 3.96. The van der Waals surface area contributed by atoms with Crippen molar-refractivity contribution in [1.82, 2.24) is 19.9 Å². The van der Waals surface area contributed by atoms with Crippen LogP contribution in [0.4, 0.5) is 5.82 Å². The molecule has 1 aliphatic heterocycles. The Morgan fingerprint density at radius 1 is 0.833 bits per heavy atom. The van der Waals surface area contributed by atoms with E-state index >= 15 is 0 Å². The van der Waals surface area contributed by atoms with Gasteiger partial charge in [-0.2, -0.15) is 0 Å². The average Bonchev–Trinajstić information content (AvgIpc) is 2.79. The Hall–Kier alpha value is -3.51. The van der Waals surface area contributed by atoms with E-state index in [2.05, 4.69) is 26.9 Å². The van der Waals surface area contributed by atoms with Crippen LogP contribution in [-0.2, 0) is 6.54 Å². The summed E-state index contributed by atoms with van der Waals surface area (Å²) in [5.74, 6) is 2.04. The number of aromatic nitrogens is 3. The van der Waals surface area contributed by atoms with E-state index in [0.717, 1.165) is 66.4 Å². The smallest absolute Gasteiger partial charge is 0.162 e. The molecule has 0 spiro atoms. The molecule has 2 aromatic carbocycles. The predicted molar refractivity (Wildman–Crippen MR) is 118 cm³/mol. The van der Waals surface area contributed by atoms with Crippen molar-refractivity contribution in [2.24, 2.45) is 0 Å². The largest absolute Gasteiger partial charge is 0.508 e. The topological polar surface area (TPSA) is 65.4 Å². The van der Waals surface area contributed by atoms with Crippen LogP contribution in [0.3, 0.4) is 0 Å². The van der Waals surface area contributed by atoms with Gasteiger partial charge in [-0.05, 0) is 42.0 Å². The highest BCUT2D eigenvalue weighted by molar-refractivity contribution is 5.91. The summed E-state index contributed by atoms with van der Waals surface area (Å²) in [6.07, 6.45) is 3.54. The third-order valence-corrected chi connectivity index (χ3v) is 5.51. The SMILES string of the molecule is Oc1cccc(CN2CCN(c3nc(-c4ccncc4)nc4ccccc34)CC2)c1.